The Morgan fingerprint density at radius 2 is 1.89 bits per heavy atom. The summed E-state index contributed by atoms with van der Waals surface area (Å²) in [5.74, 6) is 0. The van der Waals surface area contributed by atoms with Crippen LogP contribution in [-0.4, -0.2) is 57.6 Å². The fraction of sp³-hybridized carbons (Fsp3) is 0.353. The van der Waals surface area contributed by atoms with Crippen molar-refractivity contribution >= 4 is 39.7 Å². The van der Waals surface area contributed by atoms with E-state index in [-0.39, 0.29) is 0 Å². The third-order valence-electron chi connectivity index (χ3n) is 4.65. The highest BCUT2D eigenvalue weighted by Crippen LogP contribution is 2.31. The Bertz CT molecular complexity index is 1050. The van der Waals surface area contributed by atoms with Crippen molar-refractivity contribution in [3.8, 4) is 0 Å². The average molecular weight is 498 g/mol. The molecule has 0 saturated carbocycles. The number of aromatic nitrogens is 4. The summed E-state index contributed by atoms with van der Waals surface area (Å²) in [5, 5.41) is 29.7. The van der Waals surface area contributed by atoms with Crippen LogP contribution in [0.25, 0.3) is 11.2 Å². The number of nitrogen functional groups attached to an aromatic ring is 1. The van der Waals surface area contributed by atoms with Crippen molar-refractivity contribution in [2.75, 3.05) is 12.3 Å². The van der Waals surface area contributed by atoms with Gasteiger partial charge in [-0.2, -0.15) is 0 Å². The second-order valence-corrected chi connectivity index (χ2v) is 7.53. The van der Waals surface area contributed by atoms with Crippen molar-refractivity contribution in [2.45, 2.75) is 31.1 Å². The average Bonchev–Trinajstić information content (AvgIpc) is 3.25. The van der Waals surface area contributed by atoms with E-state index in [4.69, 9.17) is 10.5 Å². The Kier molecular flexibility index (Phi) is 5.33. The van der Waals surface area contributed by atoms with Gasteiger partial charge in [-0.3, -0.25) is 12.3 Å². The Morgan fingerprint density at radius 3 is 2.57 bits per heavy atom. The van der Waals surface area contributed by atoms with Gasteiger partial charge in [0.15, 0.2) is 22.9 Å². The minimum Gasteiger partial charge on any atom is -0.399 e. The lowest BCUT2D eigenvalue weighted by atomic mass is 10.1. The van der Waals surface area contributed by atoms with Gasteiger partial charge >= 0.3 is 0 Å². The second kappa shape index (κ2) is 7.75. The third kappa shape index (κ3) is 3.39. The number of anilines is 1. The van der Waals surface area contributed by atoms with Crippen LogP contribution >= 0.6 is 22.9 Å². The highest BCUT2D eigenvalue weighted by Gasteiger charge is 2.44. The molecule has 11 heteroatoms. The van der Waals surface area contributed by atoms with E-state index in [9.17, 15) is 15.3 Å². The fourth-order valence-electron chi connectivity index (χ4n) is 3.15. The van der Waals surface area contributed by atoms with Crippen molar-refractivity contribution in [3.63, 3.8) is 0 Å². The van der Waals surface area contributed by atoms with Crippen LogP contribution in [0.1, 0.15) is 11.8 Å². The molecular weight excluding hydrogens is 479 g/mol. The molecule has 4 atom stereocenters. The van der Waals surface area contributed by atoms with Crippen LogP contribution in [0.2, 0.25) is 0 Å². The van der Waals surface area contributed by atoms with Crippen LogP contribution in [0.4, 0.5) is 5.69 Å². The molecule has 3 aromatic rings. The minimum atomic E-state index is -1.20. The monoisotopic (exact) mass is 498 g/mol. The largest absolute Gasteiger partial charge is 0.399 e. The van der Waals surface area contributed by atoms with E-state index in [1.54, 1.807) is 13.7 Å². The van der Waals surface area contributed by atoms with Gasteiger partial charge in [0.1, 0.15) is 24.6 Å². The van der Waals surface area contributed by atoms with Crippen LogP contribution in [0, 0.1) is 0 Å². The SMILES string of the molecule is Nc1ccc(CN=c2ncn(I)c3c2ncn3[C@@H]2O[C@H](CO)[C@@H](O)[C@H]2O)cc1. The smallest absolute Gasteiger partial charge is 0.179 e. The van der Waals surface area contributed by atoms with Crippen LogP contribution in [0.5, 0.6) is 0 Å². The molecule has 5 N–H and O–H groups in total. The topological polar surface area (TPSA) is 144 Å². The predicted octanol–water partition coefficient (Wildman–Crippen LogP) is -0.275. The molecule has 148 valence electrons. The Morgan fingerprint density at radius 1 is 1.14 bits per heavy atom. The minimum absolute atomic E-state index is 0.394. The summed E-state index contributed by atoms with van der Waals surface area (Å²) in [6.07, 6.45) is -1.04. The van der Waals surface area contributed by atoms with Crippen molar-refractivity contribution in [2.24, 2.45) is 4.99 Å². The zero-order chi connectivity index (χ0) is 19.8. The molecule has 28 heavy (non-hydrogen) atoms. The molecule has 0 bridgehead atoms. The van der Waals surface area contributed by atoms with Gasteiger partial charge in [0.25, 0.3) is 0 Å². The van der Waals surface area contributed by atoms with Gasteiger partial charge in [-0.05, 0) is 17.7 Å². The first-order chi connectivity index (χ1) is 13.5. The number of ether oxygens (including phenoxy) is 1. The molecule has 1 fully saturated rings. The van der Waals surface area contributed by atoms with E-state index in [1.807, 2.05) is 47.1 Å². The second-order valence-electron chi connectivity index (χ2n) is 6.49. The van der Waals surface area contributed by atoms with E-state index >= 15 is 0 Å². The summed E-state index contributed by atoms with van der Waals surface area (Å²) < 4.78 is 8.93. The summed E-state index contributed by atoms with van der Waals surface area (Å²) in [4.78, 5) is 13.3. The highest BCUT2D eigenvalue weighted by molar-refractivity contribution is 14.1. The molecule has 10 nitrogen and oxygen atoms in total. The highest BCUT2D eigenvalue weighted by atomic mass is 127. The maximum Gasteiger partial charge on any atom is 0.179 e. The lowest BCUT2D eigenvalue weighted by molar-refractivity contribution is -0.0511. The normalized spacial score (nSPS) is 25.6. The van der Waals surface area contributed by atoms with E-state index in [0.717, 1.165) is 5.56 Å². The molecule has 1 aliphatic rings. The molecule has 2 aromatic heterocycles. The Balaban J connectivity index is 1.73. The molecular formula is C17H19IN6O4. The number of benzene rings is 1. The zero-order valence-corrected chi connectivity index (χ0v) is 16.8. The maximum absolute atomic E-state index is 10.3. The number of nitrogens with zero attached hydrogens (tertiary/aromatic N) is 5. The number of hydrogen-bond acceptors (Lipinski definition) is 8. The molecule has 3 heterocycles. The number of rotatable bonds is 4. The molecule has 1 saturated heterocycles. The van der Waals surface area contributed by atoms with Crippen molar-refractivity contribution in [1.29, 1.82) is 0 Å². The Hall–Kier alpha value is -2.06. The maximum atomic E-state index is 10.3. The summed E-state index contributed by atoms with van der Waals surface area (Å²) in [7, 11) is 0. The summed E-state index contributed by atoms with van der Waals surface area (Å²) >= 11 is 2.04. The van der Waals surface area contributed by atoms with Gasteiger partial charge in [-0.15, -0.1) is 0 Å². The molecule has 0 radical (unpaired) electrons. The van der Waals surface area contributed by atoms with Gasteiger partial charge in [0, 0.05) is 5.69 Å². The third-order valence-corrected chi connectivity index (χ3v) is 5.35. The number of aliphatic hydroxyl groups is 3. The molecule has 1 aliphatic heterocycles. The van der Waals surface area contributed by atoms with Gasteiger partial charge in [-0.25, -0.2) is 9.97 Å². The van der Waals surface area contributed by atoms with Gasteiger partial charge in [-0.1, -0.05) is 12.1 Å². The first-order valence-electron chi connectivity index (χ1n) is 8.57. The van der Waals surface area contributed by atoms with Crippen LogP contribution in [-0.2, 0) is 11.3 Å². The molecule has 4 rings (SSSR count). The summed E-state index contributed by atoms with van der Waals surface area (Å²) in [5.41, 5.74) is 8.97. The lowest BCUT2D eigenvalue weighted by Gasteiger charge is -2.17. The fourth-order valence-corrected chi connectivity index (χ4v) is 3.75. The number of hydrogen-bond donors (Lipinski definition) is 4. The van der Waals surface area contributed by atoms with Crippen molar-refractivity contribution in [1.82, 2.24) is 17.3 Å². The van der Waals surface area contributed by atoms with Crippen molar-refractivity contribution < 1.29 is 20.1 Å². The van der Waals surface area contributed by atoms with Gasteiger partial charge in [0.2, 0.25) is 0 Å². The number of imidazole rings is 1. The number of nitrogens with two attached hydrogens (primary N) is 1. The van der Waals surface area contributed by atoms with Crippen molar-refractivity contribution in [3.05, 3.63) is 48.0 Å². The summed E-state index contributed by atoms with van der Waals surface area (Å²) in [6, 6.07) is 7.42. The van der Waals surface area contributed by atoms with E-state index in [2.05, 4.69) is 15.0 Å². The molecule has 1 aromatic carbocycles. The molecule has 0 unspecified atom stereocenters. The number of halogens is 1. The summed E-state index contributed by atoms with van der Waals surface area (Å²) in [6.45, 7) is 0.0175. The van der Waals surface area contributed by atoms with Crippen LogP contribution < -0.4 is 11.2 Å². The number of fused-ring (bicyclic) bond motifs is 1. The first kappa shape index (κ1) is 19.3. The standard InChI is InChI=1S/C17H19IN6O4/c18-24-8-22-15(20-5-9-1-3-10(19)4-2-9)12-16(24)23(7-21-12)17-14(27)13(26)11(6-25)28-17/h1-4,7-8,11,13-14,17,25-27H,5-6,19H2/t11-,13-,14-,17-/m1/s1. The predicted molar refractivity (Wildman–Crippen MR) is 108 cm³/mol. The number of aliphatic hydroxyl groups excluding tert-OH is 3. The lowest BCUT2D eigenvalue weighted by Crippen LogP contribution is -2.33. The molecule has 0 aliphatic carbocycles. The van der Waals surface area contributed by atoms with E-state index < -0.39 is 31.1 Å². The molecule has 0 amide bonds. The van der Waals surface area contributed by atoms with E-state index in [1.165, 1.54) is 6.33 Å². The van der Waals surface area contributed by atoms with Gasteiger partial charge in [0.05, 0.1) is 42.3 Å². The van der Waals surface area contributed by atoms with Gasteiger partial charge < -0.3 is 25.8 Å². The van der Waals surface area contributed by atoms with Crippen LogP contribution in [0.15, 0.2) is 41.9 Å². The first-order valence-corrected chi connectivity index (χ1v) is 9.54. The quantitative estimate of drug-likeness (QED) is 0.286. The molecule has 0 spiro atoms. The Labute approximate surface area is 173 Å². The van der Waals surface area contributed by atoms with Crippen LogP contribution in [0.3, 0.4) is 0 Å². The zero-order valence-electron chi connectivity index (χ0n) is 14.6. The van der Waals surface area contributed by atoms with E-state index in [0.29, 0.717) is 28.9 Å².